The van der Waals surface area contributed by atoms with Crippen LogP contribution in [0.5, 0.6) is 0 Å². The van der Waals surface area contributed by atoms with E-state index in [1.165, 1.54) is 0 Å². The first-order chi connectivity index (χ1) is 17.6. The zero-order valence-electron chi connectivity index (χ0n) is 20.5. The predicted molar refractivity (Wildman–Crippen MR) is 135 cm³/mol. The maximum atomic E-state index is 13.7. The number of benzene rings is 1. The summed E-state index contributed by atoms with van der Waals surface area (Å²) in [5, 5.41) is 22.4. The van der Waals surface area contributed by atoms with Gasteiger partial charge in [-0.2, -0.15) is 0 Å². The Balaban J connectivity index is 1.53. The Hall–Kier alpha value is -4.41. The van der Waals surface area contributed by atoms with Crippen molar-refractivity contribution in [3.05, 3.63) is 77.0 Å². The summed E-state index contributed by atoms with van der Waals surface area (Å²) >= 11 is 0. The number of aromatic amines is 1. The van der Waals surface area contributed by atoms with E-state index in [-0.39, 0.29) is 11.7 Å². The minimum absolute atomic E-state index is 0.140. The molecule has 5 rings (SSSR count). The molecule has 11 heteroatoms. The maximum absolute atomic E-state index is 13.7. The summed E-state index contributed by atoms with van der Waals surface area (Å²) in [4.78, 5) is 18.0. The van der Waals surface area contributed by atoms with Gasteiger partial charge in [0.05, 0.1) is 6.54 Å². The Morgan fingerprint density at radius 3 is 2.58 bits per heavy atom. The Bertz CT molecular complexity index is 1490. The van der Waals surface area contributed by atoms with Crippen LogP contribution in [0.3, 0.4) is 0 Å². The standard InChI is InChI=1S/C25H28N10O/c1-4-6-21-15-34(24-30-27-16-35(24)17(3)5-2)25(36)33(21)14-20-13-26-12-11-22(20)18-7-9-19(10-8-18)23-28-31-32-29-23/h7-13,15-17H,4-6,14H2,1-3H3,(H,28,29,31,32). The van der Waals surface area contributed by atoms with Crippen LogP contribution in [-0.4, -0.2) is 49.5 Å². The van der Waals surface area contributed by atoms with Crippen molar-refractivity contribution in [3.8, 4) is 28.5 Å². The summed E-state index contributed by atoms with van der Waals surface area (Å²) in [6.45, 7) is 6.70. The summed E-state index contributed by atoms with van der Waals surface area (Å²) in [5.74, 6) is 1.15. The Labute approximate surface area is 207 Å². The molecule has 0 aliphatic heterocycles. The van der Waals surface area contributed by atoms with Gasteiger partial charge in [0.15, 0.2) is 5.82 Å². The first kappa shape index (κ1) is 23.3. The number of hydrogen-bond donors (Lipinski definition) is 1. The Morgan fingerprint density at radius 1 is 1.06 bits per heavy atom. The van der Waals surface area contributed by atoms with Gasteiger partial charge >= 0.3 is 5.69 Å². The second-order valence-corrected chi connectivity index (χ2v) is 8.76. The number of nitrogens with one attached hydrogen (secondary N) is 1. The Kier molecular flexibility index (Phi) is 6.52. The second kappa shape index (κ2) is 10.1. The highest BCUT2D eigenvalue weighted by Gasteiger charge is 2.19. The summed E-state index contributed by atoms with van der Waals surface area (Å²) in [5.41, 5.74) is 4.68. The molecule has 4 heterocycles. The second-order valence-electron chi connectivity index (χ2n) is 8.76. The van der Waals surface area contributed by atoms with E-state index in [0.717, 1.165) is 47.2 Å². The van der Waals surface area contributed by atoms with E-state index in [1.54, 1.807) is 17.1 Å². The van der Waals surface area contributed by atoms with Crippen LogP contribution in [0.1, 0.15) is 50.9 Å². The monoisotopic (exact) mass is 484 g/mol. The van der Waals surface area contributed by atoms with E-state index in [4.69, 9.17) is 0 Å². The molecule has 0 aliphatic rings. The molecular formula is C25H28N10O. The Morgan fingerprint density at radius 2 is 1.86 bits per heavy atom. The maximum Gasteiger partial charge on any atom is 0.335 e. The number of pyridine rings is 1. The van der Waals surface area contributed by atoms with Gasteiger partial charge in [0, 0.05) is 35.9 Å². The van der Waals surface area contributed by atoms with Gasteiger partial charge in [-0.15, -0.1) is 15.3 Å². The fourth-order valence-corrected chi connectivity index (χ4v) is 4.31. The topological polar surface area (TPSA) is 125 Å². The quantitative estimate of drug-likeness (QED) is 0.340. The van der Waals surface area contributed by atoms with Crippen LogP contribution in [0.2, 0.25) is 0 Å². The smallest absolute Gasteiger partial charge is 0.296 e. The van der Waals surface area contributed by atoms with Crippen molar-refractivity contribution >= 4 is 0 Å². The zero-order valence-corrected chi connectivity index (χ0v) is 20.5. The highest BCUT2D eigenvalue weighted by atomic mass is 16.2. The lowest BCUT2D eigenvalue weighted by atomic mass is 10.00. The van der Waals surface area contributed by atoms with Gasteiger partial charge in [-0.1, -0.05) is 44.5 Å². The molecule has 1 atom stereocenters. The minimum Gasteiger partial charge on any atom is -0.296 e. The molecular weight excluding hydrogens is 456 g/mol. The molecule has 0 saturated heterocycles. The van der Waals surface area contributed by atoms with E-state index in [2.05, 4.69) is 56.6 Å². The molecule has 5 aromatic rings. The van der Waals surface area contributed by atoms with Crippen molar-refractivity contribution in [1.29, 1.82) is 0 Å². The van der Waals surface area contributed by atoms with Crippen LogP contribution >= 0.6 is 0 Å². The van der Waals surface area contributed by atoms with Crippen molar-refractivity contribution in [2.75, 3.05) is 0 Å². The fourth-order valence-electron chi connectivity index (χ4n) is 4.31. The lowest BCUT2D eigenvalue weighted by Gasteiger charge is -2.13. The molecule has 0 amide bonds. The number of tetrazole rings is 1. The molecule has 4 aromatic heterocycles. The molecule has 1 N–H and O–H groups in total. The van der Waals surface area contributed by atoms with Crippen molar-refractivity contribution < 1.29 is 0 Å². The third-order valence-electron chi connectivity index (χ3n) is 6.45. The number of aromatic nitrogens is 10. The first-order valence-corrected chi connectivity index (χ1v) is 12.1. The highest BCUT2D eigenvalue weighted by Crippen LogP contribution is 2.26. The summed E-state index contributed by atoms with van der Waals surface area (Å²) in [6, 6.07) is 10.1. The largest absolute Gasteiger partial charge is 0.335 e. The van der Waals surface area contributed by atoms with Gasteiger partial charge in [-0.05, 0) is 52.9 Å². The normalized spacial score (nSPS) is 12.2. The number of imidazole rings is 1. The minimum atomic E-state index is -0.140. The van der Waals surface area contributed by atoms with Crippen molar-refractivity contribution in [1.82, 2.24) is 49.5 Å². The van der Waals surface area contributed by atoms with Gasteiger partial charge in [0.2, 0.25) is 5.95 Å². The van der Waals surface area contributed by atoms with Gasteiger partial charge in [-0.3, -0.25) is 14.1 Å². The van der Waals surface area contributed by atoms with E-state index < -0.39 is 0 Å². The molecule has 0 aliphatic carbocycles. The van der Waals surface area contributed by atoms with Crippen LogP contribution in [-0.2, 0) is 13.0 Å². The van der Waals surface area contributed by atoms with Gasteiger partial charge in [0.1, 0.15) is 6.33 Å². The summed E-state index contributed by atoms with van der Waals surface area (Å²) in [6.07, 6.45) is 9.77. The van der Waals surface area contributed by atoms with Crippen LogP contribution in [0.15, 0.2) is 60.0 Å². The number of aryl methyl sites for hydroxylation is 1. The van der Waals surface area contributed by atoms with Crippen LogP contribution in [0.4, 0.5) is 0 Å². The molecule has 36 heavy (non-hydrogen) atoms. The lowest BCUT2D eigenvalue weighted by Crippen LogP contribution is -2.27. The molecule has 184 valence electrons. The summed E-state index contributed by atoms with van der Waals surface area (Å²) < 4.78 is 5.37. The van der Waals surface area contributed by atoms with Crippen molar-refractivity contribution in [2.24, 2.45) is 0 Å². The average Bonchev–Trinajstić information content (AvgIpc) is 3.67. The number of nitrogens with zero attached hydrogens (tertiary/aromatic N) is 9. The van der Waals surface area contributed by atoms with Gasteiger partial charge in [0.25, 0.3) is 0 Å². The molecule has 0 saturated carbocycles. The predicted octanol–water partition coefficient (Wildman–Crippen LogP) is 3.44. The number of rotatable bonds is 9. The first-order valence-electron chi connectivity index (χ1n) is 12.1. The van der Waals surface area contributed by atoms with Gasteiger partial charge < -0.3 is 0 Å². The van der Waals surface area contributed by atoms with Crippen LogP contribution in [0.25, 0.3) is 28.5 Å². The molecule has 0 bridgehead atoms. The number of hydrogen-bond acceptors (Lipinski definition) is 7. The lowest BCUT2D eigenvalue weighted by molar-refractivity contribution is 0.516. The van der Waals surface area contributed by atoms with Crippen LogP contribution in [0, 0.1) is 0 Å². The SMILES string of the molecule is CCCc1cn(-c2nncn2C(C)CC)c(=O)n1Cc1cnccc1-c1ccc(-c2nnn[nH]2)cc1. The van der Waals surface area contributed by atoms with E-state index in [0.29, 0.717) is 18.3 Å². The zero-order chi connectivity index (χ0) is 25.1. The third kappa shape index (κ3) is 4.35. The van der Waals surface area contributed by atoms with E-state index in [1.807, 2.05) is 51.9 Å². The van der Waals surface area contributed by atoms with Crippen molar-refractivity contribution in [2.45, 2.75) is 52.6 Å². The molecule has 1 aromatic carbocycles. The van der Waals surface area contributed by atoms with E-state index >= 15 is 0 Å². The molecule has 1 unspecified atom stereocenters. The molecule has 0 radical (unpaired) electrons. The van der Waals surface area contributed by atoms with Gasteiger partial charge in [-0.25, -0.2) is 14.5 Å². The average molecular weight is 485 g/mol. The van der Waals surface area contributed by atoms with E-state index in [9.17, 15) is 4.79 Å². The van der Waals surface area contributed by atoms with Crippen molar-refractivity contribution in [3.63, 3.8) is 0 Å². The highest BCUT2D eigenvalue weighted by molar-refractivity contribution is 5.69. The molecule has 0 spiro atoms. The fraction of sp³-hybridized carbons (Fsp3) is 0.320. The van der Waals surface area contributed by atoms with Crippen LogP contribution < -0.4 is 5.69 Å². The summed E-state index contributed by atoms with van der Waals surface area (Å²) in [7, 11) is 0. The molecule has 11 nitrogen and oxygen atoms in total. The number of H-pyrrole nitrogens is 1. The molecule has 0 fully saturated rings. The third-order valence-corrected chi connectivity index (χ3v) is 6.45.